The highest BCUT2D eigenvalue weighted by Crippen LogP contribution is 2.34. The SMILES string of the molecule is C.Cc1nc2ccc(F)c(-c3cc4c(=O)[nH]ccc4[nH]3)c2nc1NC(C)(C)C.Cc1nc2ccc(F)c(-c3cc4c([nH]3)CCNC4=O)c2nc1NC(C)(C)C.[2H][2H]. The van der Waals surface area contributed by atoms with Crippen molar-refractivity contribution in [1.29, 1.82) is 0 Å². The van der Waals surface area contributed by atoms with Gasteiger partial charge in [0.25, 0.3) is 11.5 Å². The van der Waals surface area contributed by atoms with E-state index >= 15 is 0 Å². The van der Waals surface area contributed by atoms with Crippen molar-refractivity contribution in [3.63, 3.8) is 0 Å². The summed E-state index contributed by atoms with van der Waals surface area (Å²) in [5.41, 5.74) is 6.63. The van der Waals surface area contributed by atoms with Crippen LogP contribution in [0.3, 0.4) is 0 Å². The number of carbonyl (C=O) groups is 1. The number of carbonyl (C=O) groups excluding carboxylic acids is 1. The first-order valence-corrected chi connectivity index (χ1v) is 17.7. The number of H-pyrrole nitrogens is 3. The molecule has 8 rings (SSSR count). The number of rotatable bonds is 4. The van der Waals surface area contributed by atoms with E-state index in [1.807, 2.05) is 55.4 Å². The van der Waals surface area contributed by atoms with E-state index in [-0.39, 0.29) is 30.0 Å². The molecule has 0 aliphatic carbocycles. The van der Waals surface area contributed by atoms with Gasteiger partial charge in [0, 0.05) is 38.9 Å². The third-order valence-corrected chi connectivity index (χ3v) is 8.81. The van der Waals surface area contributed by atoms with Gasteiger partial charge < -0.3 is 30.9 Å². The second-order valence-electron chi connectivity index (χ2n) is 15.5. The average molecular weight is 753 g/mol. The predicted octanol–water partition coefficient (Wildman–Crippen LogP) is 8.58. The molecule has 0 fully saturated rings. The van der Waals surface area contributed by atoms with Crippen LogP contribution in [0, 0.1) is 25.5 Å². The van der Waals surface area contributed by atoms with Crippen LogP contribution in [-0.2, 0) is 6.42 Å². The number of aromatic nitrogens is 7. The molecule has 0 bridgehead atoms. The van der Waals surface area contributed by atoms with Gasteiger partial charge in [-0.1, -0.05) is 7.43 Å². The molecule has 2 aromatic carbocycles. The van der Waals surface area contributed by atoms with Gasteiger partial charge in [0.2, 0.25) is 0 Å². The second kappa shape index (κ2) is 14.2. The summed E-state index contributed by atoms with van der Waals surface area (Å²) in [5, 5.41) is 9.92. The Bertz CT molecular complexity index is 2680. The van der Waals surface area contributed by atoms with Crippen LogP contribution in [-0.4, -0.2) is 58.4 Å². The molecule has 0 saturated carbocycles. The van der Waals surface area contributed by atoms with E-state index < -0.39 is 11.6 Å². The van der Waals surface area contributed by atoms with Crippen LogP contribution in [0.5, 0.6) is 0 Å². The van der Waals surface area contributed by atoms with Gasteiger partial charge in [0.15, 0.2) is 0 Å². The largest absolute Gasteiger partial charge is 0.364 e. The minimum absolute atomic E-state index is 0. The van der Waals surface area contributed by atoms with Crippen molar-refractivity contribution in [2.24, 2.45) is 0 Å². The van der Waals surface area contributed by atoms with Crippen LogP contribution in [0.15, 0.2) is 53.5 Å². The van der Waals surface area contributed by atoms with Gasteiger partial charge in [-0.3, -0.25) is 9.59 Å². The van der Waals surface area contributed by atoms with Crippen LogP contribution in [0.1, 0.15) is 79.4 Å². The van der Waals surface area contributed by atoms with Gasteiger partial charge in [0.1, 0.15) is 34.3 Å². The fraction of sp³-hybridized carbons (Fsp3) is 0.317. The third-order valence-electron chi connectivity index (χ3n) is 8.81. The Morgan fingerprint density at radius 3 is 1.76 bits per heavy atom. The zero-order valence-electron chi connectivity index (χ0n) is 33.4. The lowest BCUT2D eigenvalue weighted by Crippen LogP contribution is -2.31. The maximum absolute atomic E-state index is 14.8. The predicted molar refractivity (Wildman–Crippen MR) is 218 cm³/mol. The summed E-state index contributed by atoms with van der Waals surface area (Å²) in [5.74, 6) is 0.259. The summed E-state index contributed by atoms with van der Waals surface area (Å²) in [6.45, 7) is 16.5. The van der Waals surface area contributed by atoms with Gasteiger partial charge in [-0.25, -0.2) is 28.7 Å². The highest BCUT2D eigenvalue weighted by molar-refractivity contribution is 6.00. The molecule has 288 valence electrons. The molecular formula is C41H48F2N10O2. The number of amides is 1. The number of halogens is 2. The molecule has 5 aromatic heterocycles. The van der Waals surface area contributed by atoms with E-state index in [4.69, 9.17) is 2.97 Å². The van der Waals surface area contributed by atoms with Gasteiger partial charge in [-0.2, -0.15) is 0 Å². The Morgan fingerprint density at radius 2 is 1.27 bits per heavy atom. The molecule has 0 unspecified atom stereocenters. The van der Waals surface area contributed by atoms with E-state index in [0.717, 1.165) is 17.1 Å². The number of pyridine rings is 1. The number of nitrogens with one attached hydrogen (secondary N) is 6. The molecule has 1 aliphatic heterocycles. The maximum Gasteiger partial charge on any atom is 0.257 e. The fourth-order valence-electron chi connectivity index (χ4n) is 6.46. The number of hydrogen-bond acceptors (Lipinski definition) is 8. The summed E-state index contributed by atoms with van der Waals surface area (Å²) < 4.78 is 39.6. The Morgan fingerprint density at radius 1 is 0.745 bits per heavy atom. The molecule has 7 aromatic rings. The molecule has 14 heteroatoms. The monoisotopic (exact) mass is 752 g/mol. The lowest BCUT2D eigenvalue weighted by Gasteiger charge is -2.22. The third kappa shape index (κ3) is 7.75. The van der Waals surface area contributed by atoms with Gasteiger partial charge in [0.05, 0.1) is 61.4 Å². The summed E-state index contributed by atoms with van der Waals surface area (Å²) in [6, 6.07) is 11.1. The Kier molecular flexibility index (Phi) is 9.61. The first-order chi connectivity index (χ1) is 26.5. The number of nitrogens with zero attached hydrogens (tertiary/aromatic N) is 4. The Labute approximate surface area is 320 Å². The molecule has 6 heterocycles. The smallest absolute Gasteiger partial charge is 0.257 e. The first-order valence-electron chi connectivity index (χ1n) is 18.7. The summed E-state index contributed by atoms with van der Waals surface area (Å²) in [7, 11) is 0. The average Bonchev–Trinajstić information content (AvgIpc) is 3.76. The van der Waals surface area contributed by atoms with E-state index in [2.05, 4.69) is 50.8 Å². The highest BCUT2D eigenvalue weighted by atomic mass is 19.1. The van der Waals surface area contributed by atoms with Crippen LogP contribution in [0.25, 0.3) is 55.5 Å². The first kappa shape index (κ1) is 37.1. The van der Waals surface area contributed by atoms with Crippen molar-refractivity contribution in [2.45, 2.75) is 80.3 Å². The molecule has 0 radical (unpaired) electrons. The van der Waals surface area contributed by atoms with E-state index in [1.54, 1.807) is 36.5 Å². The zero-order chi connectivity index (χ0) is 40.7. The van der Waals surface area contributed by atoms with Crippen molar-refractivity contribution < 1.29 is 16.5 Å². The minimum atomic E-state index is -0.426. The second-order valence-corrected chi connectivity index (χ2v) is 15.5. The van der Waals surface area contributed by atoms with E-state index in [1.165, 1.54) is 12.1 Å². The molecule has 0 saturated heterocycles. The molecular weight excluding hydrogens is 703 g/mol. The van der Waals surface area contributed by atoms with Crippen molar-refractivity contribution in [2.75, 3.05) is 17.2 Å². The minimum Gasteiger partial charge on any atom is -0.364 e. The van der Waals surface area contributed by atoms with Crippen molar-refractivity contribution >= 4 is 50.5 Å². The molecule has 0 spiro atoms. The Hall–Kier alpha value is -6.18. The lowest BCUT2D eigenvalue weighted by atomic mass is 10.1. The lowest BCUT2D eigenvalue weighted by molar-refractivity contribution is 0.0946. The highest BCUT2D eigenvalue weighted by Gasteiger charge is 2.24. The summed E-state index contributed by atoms with van der Waals surface area (Å²) in [6.07, 6.45) is 2.24. The number of benzene rings is 2. The zero-order valence-corrected chi connectivity index (χ0v) is 31.4. The van der Waals surface area contributed by atoms with Crippen molar-refractivity contribution in [1.82, 2.24) is 40.2 Å². The molecule has 6 N–H and O–H groups in total. The van der Waals surface area contributed by atoms with Gasteiger partial charge in [-0.15, -0.1) is 0 Å². The van der Waals surface area contributed by atoms with Crippen LogP contribution < -0.4 is 21.5 Å². The number of hydrogen-bond donors (Lipinski definition) is 6. The van der Waals surface area contributed by atoms with Crippen molar-refractivity contribution in [3.05, 3.63) is 93.3 Å². The molecule has 55 heavy (non-hydrogen) atoms. The molecule has 1 aliphatic rings. The molecule has 0 atom stereocenters. The number of fused-ring (bicyclic) bond motifs is 4. The van der Waals surface area contributed by atoms with Crippen molar-refractivity contribution in [3.8, 4) is 22.5 Å². The van der Waals surface area contributed by atoms with E-state index in [9.17, 15) is 18.4 Å². The molecule has 1 amide bonds. The maximum atomic E-state index is 14.8. The standard InChI is InChI=1S/C20H22FN5O.C20H20FN5O.CH4.H2/c2*1-10-18(26-20(2,3)4)25-17-14(23-10)6-5-12(21)16(17)15-9-11-13(24-15)7-8-22-19(11)27;;/h5-6,9,24H,7-8H2,1-4H3,(H,22,27)(H,25,26);5-9,24H,1-4H3,(H,22,27)(H,25,26);1H4;1H/i;;;1+1D. The quantitative estimate of drug-likeness (QED) is 0.104. The molecule has 12 nitrogen and oxygen atoms in total. The van der Waals surface area contributed by atoms with Crippen LogP contribution in [0.2, 0.25) is 0 Å². The van der Waals surface area contributed by atoms with Gasteiger partial charge in [-0.05, 0) is 97.9 Å². The topological polar surface area (TPSA) is 169 Å². The number of anilines is 2. The normalized spacial score (nSPS) is 13.0. The summed E-state index contributed by atoms with van der Waals surface area (Å²) >= 11 is 0. The van der Waals surface area contributed by atoms with Crippen LogP contribution >= 0.6 is 0 Å². The van der Waals surface area contributed by atoms with E-state index in [0.29, 0.717) is 85.6 Å². The number of aryl methyl sites for hydroxylation is 2. The Balaban J connectivity index is 0.000000205. The van der Waals surface area contributed by atoms with Gasteiger partial charge >= 0.3 is 0 Å². The van der Waals surface area contributed by atoms with Crippen LogP contribution in [0.4, 0.5) is 20.4 Å². The number of aromatic amines is 3. The fourth-order valence-corrected chi connectivity index (χ4v) is 6.46. The summed E-state index contributed by atoms with van der Waals surface area (Å²) in [4.78, 5) is 51.6.